The van der Waals surface area contributed by atoms with Crippen molar-refractivity contribution in [2.24, 2.45) is 0 Å². The smallest absolute Gasteiger partial charge is 0.320 e. The van der Waals surface area contributed by atoms with Crippen LogP contribution in [-0.4, -0.2) is 48.6 Å². The number of halogens is 1. The van der Waals surface area contributed by atoms with Gasteiger partial charge in [-0.05, 0) is 38.2 Å². The first-order valence-corrected chi connectivity index (χ1v) is 6.31. The predicted molar refractivity (Wildman–Crippen MR) is 83.2 cm³/mol. The Hall–Kier alpha value is -1.79. The molecule has 0 fully saturated rings. The lowest BCUT2D eigenvalue weighted by molar-refractivity contribution is -0.142. The van der Waals surface area contributed by atoms with Gasteiger partial charge in [0.15, 0.2) is 0 Å². The molecule has 0 spiro atoms. The SMILES string of the molecule is COc1ccc(NC(=O)CCN(C)C(C)C(=O)O)cc1.Cl. The lowest BCUT2D eigenvalue weighted by Crippen LogP contribution is -2.37. The fourth-order valence-electron chi connectivity index (χ4n) is 1.56. The fraction of sp³-hybridized carbons (Fsp3) is 0.429. The molecular weight excluding hydrogens is 296 g/mol. The van der Waals surface area contributed by atoms with Crippen molar-refractivity contribution >= 4 is 30.0 Å². The van der Waals surface area contributed by atoms with Crippen LogP contribution >= 0.6 is 12.4 Å². The quantitative estimate of drug-likeness (QED) is 0.802. The van der Waals surface area contributed by atoms with Crippen LogP contribution in [0.5, 0.6) is 5.75 Å². The van der Waals surface area contributed by atoms with Crippen molar-refractivity contribution in [3.05, 3.63) is 24.3 Å². The van der Waals surface area contributed by atoms with E-state index in [1.54, 1.807) is 50.2 Å². The number of carbonyl (C=O) groups is 2. The highest BCUT2D eigenvalue weighted by atomic mass is 35.5. The van der Waals surface area contributed by atoms with E-state index in [4.69, 9.17) is 9.84 Å². The molecule has 6 nitrogen and oxygen atoms in total. The van der Waals surface area contributed by atoms with Crippen LogP contribution in [0, 0.1) is 0 Å². The summed E-state index contributed by atoms with van der Waals surface area (Å²) in [6, 6.07) is 6.41. The van der Waals surface area contributed by atoms with Gasteiger partial charge in [0, 0.05) is 18.7 Å². The topological polar surface area (TPSA) is 78.9 Å². The summed E-state index contributed by atoms with van der Waals surface area (Å²) < 4.78 is 5.03. The molecule has 1 aromatic carbocycles. The Morgan fingerprint density at radius 3 is 2.38 bits per heavy atom. The first-order valence-electron chi connectivity index (χ1n) is 6.31. The number of carboxylic acids is 1. The van der Waals surface area contributed by atoms with Crippen LogP contribution in [0.4, 0.5) is 5.69 Å². The maximum absolute atomic E-state index is 11.7. The second kappa shape index (κ2) is 9.20. The molecule has 2 N–H and O–H groups in total. The molecule has 1 amide bonds. The van der Waals surface area contributed by atoms with E-state index in [-0.39, 0.29) is 24.7 Å². The van der Waals surface area contributed by atoms with Gasteiger partial charge < -0.3 is 15.2 Å². The van der Waals surface area contributed by atoms with E-state index in [1.165, 1.54) is 0 Å². The number of likely N-dealkylation sites (N-methyl/N-ethyl adjacent to an activating group) is 1. The second-order valence-electron chi connectivity index (χ2n) is 4.52. The Morgan fingerprint density at radius 1 is 1.33 bits per heavy atom. The van der Waals surface area contributed by atoms with Gasteiger partial charge in [0.05, 0.1) is 7.11 Å². The Morgan fingerprint density at radius 2 is 1.90 bits per heavy atom. The lowest BCUT2D eigenvalue weighted by atomic mass is 10.2. The number of carboxylic acid groups (broad SMARTS) is 1. The van der Waals surface area contributed by atoms with Crippen molar-refractivity contribution in [3.63, 3.8) is 0 Å². The molecule has 1 unspecified atom stereocenters. The van der Waals surface area contributed by atoms with E-state index in [0.717, 1.165) is 5.75 Å². The molecule has 0 aliphatic carbocycles. The third-order valence-electron chi connectivity index (χ3n) is 3.08. The van der Waals surface area contributed by atoms with Gasteiger partial charge in [0.2, 0.25) is 5.91 Å². The fourth-order valence-corrected chi connectivity index (χ4v) is 1.56. The maximum atomic E-state index is 11.7. The first kappa shape index (κ1) is 19.2. The molecule has 0 saturated heterocycles. The Labute approximate surface area is 130 Å². The molecule has 21 heavy (non-hydrogen) atoms. The van der Waals surface area contributed by atoms with Crippen LogP contribution in [0.3, 0.4) is 0 Å². The van der Waals surface area contributed by atoms with Gasteiger partial charge in [-0.25, -0.2) is 0 Å². The summed E-state index contributed by atoms with van der Waals surface area (Å²) in [5, 5.41) is 11.6. The monoisotopic (exact) mass is 316 g/mol. The summed E-state index contributed by atoms with van der Waals surface area (Å²) in [6.07, 6.45) is 0.236. The zero-order valence-corrected chi connectivity index (χ0v) is 13.1. The molecule has 0 radical (unpaired) electrons. The number of benzene rings is 1. The van der Waals surface area contributed by atoms with Crippen LogP contribution < -0.4 is 10.1 Å². The van der Waals surface area contributed by atoms with Crippen LogP contribution in [0.25, 0.3) is 0 Å². The molecule has 0 saturated carbocycles. The number of hydrogen-bond acceptors (Lipinski definition) is 4. The number of aliphatic carboxylic acids is 1. The molecule has 1 atom stereocenters. The highest BCUT2D eigenvalue weighted by molar-refractivity contribution is 5.90. The number of amides is 1. The van der Waals surface area contributed by atoms with Crippen molar-refractivity contribution in [1.82, 2.24) is 4.90 Å². The minimum atomic E-state index is -0.900. The first-order chi connectivity index (χ1) is 9.43. The minimum Gasteiger partial charge on any atom is -0.497 e. The van der Waals surface area contributed by atoms with Crippen molar-refractivity contribution < 1.29 is 19.4 Å². The van der Waals surface area contributed by atoms with Crippen LogP contribution in [0.2, 0.25) is 0 Å². The number of anilines is 1. The number of carbonyl (C=O) groups excluding carboxylic acids is 1. The van der Waals surface area contributed by atoms with E-state index in [9.17, 15) is 9.59 Å². The van der Waals surface area contributed by atoms with Crippen LogP contribution in [0.15, 0.2) is 24.3 Å². The summed E-state index contributed by atoms with van der Waals surface area (Å²) in [5.74, 6) is -0.333. The van der Waals surface area contributed by atoms with Crippen molar-refractivity contribution in [2.45, 2.75) is 19.4 Å². The van der Waals surface area contributed by atoms with Gasteiger partial charge in [0.1, 0.15) is 11.8 Å². The van der Waals surface area contributed by atoms with E-state index in [2.05, 4.69) is 5.32 Å². The predicted octanol–water partition coefficient (Wildman–Crippen LogP) is 1.85. The molecule has 1 rings (SSSR count). The van der Waals surface area contributed by atoms with Gasteiger partial charge in [-0.3, -0.25) is 14.5 Å². The van der Waals surface area contributed by atoms with E-state index < -0.39 is 12.0 Å². The van der Waals surface area contributed by atoms with Gasteiger partial charge in [-0.2, -0.15) is 0 Å². The summed E-state index contributed by atoms with van der Waals surface area (Å²) in [4.78, 5) is 24.2. The third-order valence-corrected chi connectivity index (χ3v) is 3.08. The van der Waals surface area contributed by atoms with Crippen molar-refractivity contribution in [2.75, 3.05) is 26.0 Å². The van der Waals surface area contributed by atoms with Crippen molar-refractivity contribution in [1.29, 1.82) is 0 Å². The molecule has 0 aromatic heterocycles. The molecule has 7 heteroatoms. The van der Waals surface area contributed by atoms with Crippen molar-refractivity contribution in [3.8, 4) is 5.75 Å². The summed E-state index contributed by atoms with van der Waals surface area (Å²) in [7, 11) is 3.26. The number of methoxy groups -OCH3 is 1. The number of nitrogens with one attached hydrogen (secondary N) is 1. The zero-order valence-electron chi connectivity index (χ0n) is 12.3. The summed E-state index contributed by atoms with van der Waals surface area (Å²) in [5.41, 5.74) is 0.685. The average Bonchev–Trinajstić information content (AvgIpc) is 2.44. The van der Waals surface area contributed by atoms with Gasteiger partial charge in [-0.1, -0.05) is 0 Å². The van der Waals surface area contributed by atoms with Gasteiger partial charge >= 0.3 is 5.97 Å². The largest absolute Gasteiger partial charge is 0.497 e. The van der Waals surface area contributed by atoms with E-state index in [0.29, 0.717) is 12.2 Å². The Bertz CT molecular complexity index is 465. The average molecular weight is 317 g/mol. The standard InChI is InChI=1S/C14H20N2O4.ClH/c1-10(14(18)19)16(2)9-8-13(17)15-11-4-6-12(20-3)7-5-11;/h4-7,10H,8-9H2,1-3H3,(H,15,17)(H,18,19);1H. The van der Waals surface area contributed by atoms with Gasteiger partial charge in [-0.15, -0.1) is 12.4 Å². The molecule has 0 bridgehead atoms. The molecular formula is C14H21ClN2O4. The third kappa shape index (κ3) is 6.46. The summed E-state index contributed by atoms with van der Waals surface area (Å²) >= 11 is 0. The second-order valence-corrected chi connectivity index (χ2v) is 4.52. The minimum absolute atomic E-state index is 0. The van der Waals surface area contributed by atoms with Gasteiger partial charge in [0.25, 0.3) is 0 Å². The number of hydrogen-bond donors (Lipinski definition) is 2. The molecule has 0 heterocycles. The zero-order chi connectivity index (χ0) is 15.1. The highest BCUT2D eigenvalue weighted by Gasteiger charge is 2.17. The number of nitrogens with zero attached hydrogens (tertiary/aromatic N) is 1. The molecule has 0 aliphatic rings. The van der Waals surface area contributed by atoms with E-state index in [1.807, 2.05) is 0 Å². The highest BCUT2D eigenvalue weighted by Crippen LogP contribution is 2.15. The maximum Gasteiger partial charge on any atom is 0.320 e. The Kier molecular flexibility index (Phi) is 8.42. The molecule has 0 aliphatic heterocycles. The number of ether oxygens (including phenoxy) is 1. The van der Waals surface area contributed by atoms with Crippen LogP contribution in [0.1, 0.15) is 13.3 Å². The molecule has 118 valence electrons. The normalized spacial score (nSPS) is 11.4. The lowest BCUT2D eigenvalue weighted by Gasteiger charge is -2.20. The molecule has 1 aromatic rings. The summed E-state index contributed by atoms with van der Waals surface area (Å²) in [6.45, 7) is 1.97. The number of rotatable bonds is 7. The van der Waals surface area contributed by atoms with Crippen LogP contribution in [-0.2, 0) is 9.59 Å². The Balaban J connectivity index is 0.00000400. The van der Waals surface area contributed by atoms with E-state index >= 15 is 0 Å².